The molecular weight excluding hydrogens is 538 g/mol. The van der Waals surface area contributed by atoms with Crippen LogP contribution < -0.4 is 10.1 Å². The molecule has 0 aliphatic carbocycles. The Bertz CT molecular complexity index is 1810. The first-order valence-corrected chi connectivity index (χ1v) is 13.2. The van der Waals surface area contributed by atoms with Crippen LogP contribution in [0, 0.1) is 0 Å². The molecule has 7 nitrogen and oxygen atoms in total. The molecule has 1 amide bonds. The van der Waals surface area contributed by atoms with E-state index in [-0.39, 0.29) is 12.3 Å². The molecule has 0 spiro atoms. The second kappa shape index (κ2) is 10.8. The average Bonchev–Trinajstić information content (AvgIpc) is 3.61. The summed E-state index contributed by atoms with van der Waals surface area (Å²) in [5.41, 5.74) is 7.89. The van der Waals surface area contributed by atoms with Crippen molar-refractivity contribution in [3.63, 3.8) is 0 Å². The van der Waals surface area contributed by atoms with Crippen molar-refractivity contribution in [3.8, 4) is 33.7 Å². The quantitative estimate of drug-likeness (QED) is 0.209. The second-order valence-corrected chi connectivity index (χ2v) is 10.0. The number of amides is 1. The van der Waals surface area contributed by atoms with Crippen LogP contribution in [0.3, 0.4) is 0 Å². The number of aromatic nitrogens is 2. The van der Waals surface area contributed by atoms with E-state index in [9.17, 15) is 14.7 Å². The topological polar surface area (TPSA) is 93.5 Å². The summed E-state index contributed by atoms with van der Waals surface area (Å²) in [5.74, 6) is -0.733. The van der Waals surface area contributed by atoms with Gasteiger partial charge in [0.1, 0.15) is 5.75 Å². The van der Waals surface area contributed by atoms with Gasteiger partial charge in [0.2, 0.25) is 0 Å². The third-order valence-electron chi connectivity index (χ3n) is 7.01. The number of ether oxygens (including phenoxy) is 1. The molecule has 202 valence electrons. The summed E-state index contributed by atoms with van der Waals surface area (Å²) in [6.45, 7) is 0. The molecule has 0 saturated heterocycles. The highest BCUT2D eigenvalue weighted by molar-refractivity contribution is 6.38. The molecule has 4 aromatic carbocycles. The molecule has 2 heterocycles. The van der Waals surface area contributed by atoms with Gasteiger partial charge >= 0.3 is 5.97 Å². The number of hydrogen-bond donors (Lipinski definition) is 2. The Morgan fingerprint density at radius 1 is 0.976 bits per heavy atom. The van der Waals surface area contributed by atoms with Crippen molar-refractivity contribution in [2.75, 3.05) is 12.4 Å². The number of carbonyl (C=O) groups excluding carboxylic acids is 1. The molecule has 41 heavy (non-hydrogen) atoms. The van der Waals surface area contributed by atoms with Crippen LogP contribution in [0.2, 0.25) is 5.02 Å². The third kappa shape index (κ3) is 5.23. The summed E-state index contributed by atoms with van der Waals surface area (Å²) >= 11 is 6.68. The van der Waals surface area contributed by atoms with Gasteiger partial charge in [-0.3, -0.25) is 9.59 Å². The summed E-state index contributed by atoms with van der Waals surface area (Å²) in [4.78, 5) is 24.3. The Morgan fingerprint density at radius 3 is 2.34 bits per heavy atom. The molecule has 1 aliphatic rings. The molecule has 2 N–H and O–H groups in total. The Labute approximate surface area is 241 Å². The number of nitrogens with one attached hydrogen (secondary N) is 1. The van der Waals surface area contributed by atoms with Gasteiger partial charge in [0.25, 0.3) is 5.91 Å². The van der Waals surface area contributed by atoms with Crippen LogP contribution in [0.1, 0.15) is 16.7 Å². The zero-order chi connectivity index (χ0) is 28.5. The fourth-order valence-corrected chi connectivity index (χ4v) is 5.28. The van der Waals surface area contributed by atoms with Crippen LogP contribution in [0.15, 0.2) is 97.3 Å². The SMILES string of the molecule is COc1ccc(C=C2C(=O)Nc3cc(Cl)c(-c4ccc(-c5ccc(-n6cccn6)cc5)cc4)cc32)cc1CC(=O)O. The molecule has 0 unspecified atom stereocenters. The smallest absolute Gasteiger partial charge is 0.307 e. The number of hydrogen-bond acceptors (Lipinski definition) is 4. The van der Waals surface area contributed by atoms with Crippen molar-refractivity contribution in [1.82, 2.24) is 9.78 Å². The maximum Gasteiger partial charge on any atom is 0.307 e. The van der Waals surface area contributed by atoms with Crippen LogP contribution in [0.5, 0.6) is 5.75 Å². The molecule has 0 fully saturated rings. The predicted octanol–water partition coefficient (Wildman–Crippen LogP) is 6.99. The van der Waals surface area contributed by atoms with E-state index < -0.39 is 5.97 Å². The Balaban J connectivity index is 1.31. The molecule has 1 aromatic heterocycles. The lowest BCUT2D eigenvalue weighted by atomic mass is 9.96. The van der Waals surface area contributed by atoms with Crippen LogP contribution in [-0.2, 0) is 16.0 Å². The lowest BCUT2D eigenvalue weighted by molar-refractivity contribution is -0.136. The van der Waals surface area contributed by atoms with Crippen LogP contribution >= 0.6 is 11.6 Å². The fraction of sp³-hybridized carbons (Fsp3) is 0.0606. The first-order chi connectivity index (χ1) is 19.9. The van der Waals surface area contributed by atoms with Crippen LogP contribution in [0.25, 0.3) is 39.6 Å². The minimum atomic E-state index is -0.964. The molecular formula is C33H24ClN3O4. The van der Waals surface area contributed by atoms with Crippen molar-refractivity contribution >= 4 is 40.8 Å². The van der Waals surface area contributed by atoms with E-state index >= 15 is 0 Å². The highest BCUT2D eigenvalue weighted by Crippen LogP contribution is 2.41. The Kier molecular flexibility index (Phi) is 6.87. The van der Waals surface area contributed by atoms with Gasteiger partial charge in [-0.15, -0.1) is 0 Å². The number of carboxylic acids is 1. The first kappa shape index (κ1) is 26.1. The molecule has 6 rings (SSSR count). The summed E-state index contributed by atoms with van der Waals surface area (Å²) < 4.78 is 7.12. The number of carboxylic acid groups (broad SMARTS) is 1. The van der Waals surface area contributed by atoms with Gasteiger partial charge in [-0.25, -0.2) is 4.68 Å². The summed E-state index contributed by atoms with van der Waals surface area (Å²) in [5, 5.41) is 17.0. The van der Waals surface area contributed by atoms with Crippen molar-refractivity contribution in [2.45, 2.75) is 6.42 Å². The monoisotopic (exact) mass is 561 g/mol. The van der Waals surface area contributed by atoms with Crippen molar-refractivity contribution < 1.29 is 19.4 Å². The van der Waals surface area contributed by atoms with E-state index in [2.05, 4.69) is 22.5 Å². The van der Waals surface area contributed by atoms with Crippen LogP contribution in [0.4, 0.5) is 5.69 Å². The van der Waals surface area contributed by atoms with Gasteiger partial charge in [-0.05, 0) is 70.8 Å². The van der Waals surface area contributed by atoms with Gasteiger partial charge in [0.15, 0.2) is 0 Å². The largest absolute Gasteiger partial charge is 0.496 e. The summed E-state index contributed by atoms with van der Waals surface area (Å²) in [6.07, 6.45) is 5.22. The zero-order valence-corrected chi connectivity index (χ0v) is 22.7. The van der Waals surface area contributed by atoms with Gasteiger partial charge in [-0.1, -0.05) is 54.1 Å². The number of aliphatic carboxylic acids is 1. The van der Waals surface area contributed by atoms with E-state index in [1.54, 1.807) is 36.5 Å². The number of nitrogens with zero attached hydrogens (tertiary/aromatic N) is 2. The summed E-state index contributed by atoms with van der Waals surface area (Å²) in [7, 11) is 1.50. The van der Waals surface area contributed by atoms with E-state index in [4.69, 9.17) is 16.3 Å². The molecule has 8 heteroatoms. The van der Waals surface area contributed by atoms with Crippen molar-refractivity contribution in [3.05, 3.63) is 119 Å². The number of anilines is 1. The Morgan fingerprint density at radius 2 is 1.68 bits per heavy atom. The minimum absolute atomic E-state index is 0.187. The number of carbonyl (C=O) groups is 2. The van der Waals surface area contributed by atoms with E-state index in [0.717, 1.165) is 33.5 Å². The Hall–Kier alpha value is -5.14. The number of halogens is 1. The number of rotatable bonds is 7. The van der Waals surface area contributed by atoms with E-state index in [1.807, 2.05) is 59.4 Å². The molecule has 0 atom stereocenters. The van der Waals surface area contributed by atoms with Gasteiger partial charge in [0, 0.05) is 34.7 Å². The number of benzene rings is 4. The second-order valence-electron chi connectivity index (χ2n) is 9.61. The average molecular weight is 562 g/mol. The van der Waals surface area contributed by atoms with Crippen LogP contribution in [-0.4, -0.2) is 33.9 Å². The molecule has 5 aromatic rings. The fourth-order valence-electron chi connectivity index (χ4n) is 5.00. The first-order valence-electron chi connectivity index (χ1n) is 12.9. The molecule has 0 radical (unpaired) electrons. The standard InChI is InChI=1S/C33H24ClN3O4/c1-41-31-12-3-20(15-24(31)17-32(38)39)16-28-27-18-26(29(34)19-30(27)36-33(28)40)23-6-4-21(5-7-23)22-8-10-25(11-9-22)37-14-2-13-35-37/h2-16,18-19H,17H2,1H3,(H,36,40)(H,38,39). The maximum atomic E-state index is 12.9. The normalized spacial score (nSPS) is 13.2. The molecule has 0 bridgehead atoms. The maximum absolute atomic E-state index is 12.9. The number of fused-ring (bicyclic) bond motifs is 1. The van der Waals surface area contributed by atoms with E-state index in [0.29, 0.717) is 33.2 Å². The zero-order valence-electron chi connectivity index (χ0n) is 22.0. The van der Waals surface area contributed by atoms with Crippen molar-refractivity contribution in [2.24, 2.45) is 0 Å². The molecule has 1 aliphatic heterocycles. The van der Waals surface area contributed by atoms with Crippen molar-refractivity contribution in [1.29, 1.82) is 0 Å². The number of methoxy groups -OCH3 is 1. The lowest BCUT2D eigenvalue weighted by Crippen LogP contribution is -2.04. The molecule has 0 saturated carbocycles. The third-order valence-corrected chi connectivity index (χ3v) is 7.33. The van der Waals surface area contributed by atoms with Gasteiger partial charge < -0.3 is 15.2 Å². The van der Waals surface area contributed by atoms with Gasteiger partial charge in [-0.2, -0.15) is 5.10 Å². The highest BCUT2D eigenvalue weighted by atomic mass is 35.5. The minimum Gasteiger partial charge on any atom is -0.496 e. The predicted molar refractivity (Wildman–Crippen MR) is 160 cm³/mol. The summed E-state index contributed by atoms with van der Waals surface area (Å²) in [6, 6.07) is 27.1. The highest BCUT2D eigenvalue weighted by Gasteiger charge is 2.26. The van der Waals surface area contributed by atoms with Gasteiger partial charge in [0.05, 0.1) is 29.9 Å². The lowest BCUT2D eigenvalue weighted by Gasteiger charge is -2.10. The van der Waals surface area contributed by atoms with E-state index in [1.165, 1.54) is 7.11 Å².